The van der Waals surface area contributed by atoms with Crippen molar-refractivity contribution in [3.8, 4) is 0 Å². The number of hydrogen-bond donors (Lipinski definition) is 1. The van der Waals surface area contributed by atoms with E-state index >= 15 is 0 Å². The van der Waals surface area contributed by atoms with Gasteiger partial charge in [-0.3, -0.25) is 9.89 Å². The molecule has 0 radical (unpaired) electrons. The summed E-state index contributed by atoms with van der Waals surface area (Å²) in [7, 11) is 0. The van der Waals surface area contributed by atoms with Gasteiger partial charge in [-0.05, 0) is 39.2 Å². The maximum Gasteiger partial charge on any atom is 0.225 e. The van der Waals surface area contributed by atoms with Crippen LogP contribution < -0.4 is 0 Å². The van der Waals surface area contributed by atoms with Crippen molar-refractivity contribution in [2.45, 2.75) is 46.0 Å². The van der Waals surface area contributed by atoms with Gasteiger partial charge in [0.25, 0.3) is 0 Å². The van der Waals surface area contributed by atoms with Gasteiger partial charge in [-0.2, -0.15) is 5.10 Å². The van der Waals surface area contributed by atoms with Crippen LogP contribution >= 0.6 is 0 Å². The third-order valence-electron chi connectivity index (χ3n) is 4.81. The lowest BCUT2D eigenvalue weighted by Gasteiger charge is -2.34. The van der Waals surface area contributed by atoms with E-state index in [1.165, 1.54) is 0 Å². The number of hydrogen-bond acceptors (Lipinski definition) is 4. The lowest BCUT2D eigenvalue weighted by molar-refractivity contribution is -0.136. The number of amides is 1. The summed E-state index contributed by atoms with van der Waals surface area (Å²) in [5.74, 6) is 1.33. The van der Waals surface area contributed by atoms with E-state index in [0.29, 0.717) is 12.3 Å². The molecule has 2 aromatic rings. The number of likely N-dealkylation sites (tertiary alicyclic amines) is 1. The van der Waals surface area contributed by atoms with Gasteiger partial charge in [-0.25, -0.2) is 0 Å². The second kappa shape index (κ2) is 6.56. The molecule has 1 saturated heterocycles. The van der Waals surface area contributed by atoms with E-state index in [-0.39, 0.29) is 11.8 Å². The van der Waals surface area contributed by atoms with Gasteiger partial charge in [0.05, 0.1) is 5.69 Å². The summed E-state index contributed by atoms with van der Waals surface area (Å²) in [5, 5.41) is 11.0. The molecule has 1 fully saturated rings. The van der Waals surface area contributed by atoms with Crippen LogP contribution in [-0.4, -0.2) is 39.3 Å². The number of piperidine rings is 1. The van der Waals surface area contributed by atoms with Crippen LogP contribution in [0.25, 0.3) is 0 Å². The second-order valence-corrected chi connectivity index (χ2v) is 6.54. The van der Waals surface area contributed by atoms with Crippen LogP contribution in [0.2, 0.25) is 0 Å². The number of nitrogens with one attached hydrogen (secondary N) is 1. The molecule has 3 rings (SSSR count). The Morgan fingerprint density at radius 1 is 1.52 bits per heavy atom. The maximum atomic E-state index is 12.8. The molecule has 0 aliphatic carbocycles. The van der Waals surface area contributed by atoms with Crippen LogP contribution in [0.5, 0.6) is 0 Å². The Balaban J connectivity index is 1.65. The summed E-state index contributed by atoms with van der Waals surface area (Å²) in [5.41, 5.74) is 3.07. The molecule has 0 aromatic carbocycles. The molecule has 0 spiro atoms. The lowest BCUT2D eigenvalue weighted by atomic mass is 9.92. The van der Waals surface area contributed by atoms with Crippen LogP contribution in [0.4, 0.5) is 0 Å². The second-order valence-electron chi connectivity index (χ2n) is 6.54. The lowest BCUT2D eigenvalue weighted by Crippen LogP contribution is -2.42. The van der Waals surface area contributed by atoms with Crippen LogP contribution in [0.1, 0.15) is 48.4 Å². The Morgan fingerprint density at radius 2 is 2.35 bits per heavy atom. The van der Waals surface area contributed by atoms with Crippen molar-refractivity contribution in [2.75, 3.05) is 13.1 Å². The first-order valence-corrected chi connectivity index (χ1v) is 8.26. The van der Waals surface area contributed by atoms with Crippen molar-refractivity contribution >= 4 is 5.91 Å². The number of aryl methyl sites for hydroxylation is 2. The summed E-state index contributed by atoms with van der Waals surface area (Å²) in [6, 6.07) is 2.01. The van der Waals surface area contributed by atoms with E-state index in [1.807, 2.05) is 31.7 Å². The number of carbonyl (C=O) groups excluding carboxylic acids is 1. The molecular formula is C17H24N4O2. The van der Waals surface area contributed by atoms with Gasteiger partial charge in [0, 0.05) is 42.4 Å². The van der Waals surface area contributed by atoms with Gasteiger partial charge in [0.15, 0.2) is 0 Å². The number of aromatic nitrogens is 3. The summed E-state index contributed by atoms with van der Waals surface area (Å²) in [6.07, 6.45) is 4.60. The highest BCUT2D eigenvalue weighted by Gasteiger charge is 2.29. The molecule has 3 heterocycles. The zero-order valence-electron chi connectivity index (χ0n) is 14.0. The van der Waals surface area contributed by atoms with E-state index in [0.717, 1.165) is 48.6 Å². The zero-order valence-corrected chi connectivity index (χ0v) is 14.0. The van der Waals surface area contributed by atoms with E-state index < -0.39 is 0 Å². The first-order valence-electron chi connectivity index (χ1n) is 8.26. The largest absolute Gasteiger partial charge is 0.361 e. The van der Waals surface area contributed by atoms with Gasteiger partial charge in [-0.15, -0.1) is 0 Å². The Hall–Kier alpha value is -2.11. The minimum atomic E-state index is -0.0627. The Morgan fingerprint density at radius 3 is 3.00 bits per heavy atom. The Bertz CT molecular complexity index is 643. The van der Waals surface area contributed by atoms with Crippen molar-refractivity contribution in [1.29, 1.82) is 0 Å². The number of carbonyl (C=O) groups is 1. The maximum absolute atomic E-state index is 12.8. The molecular weight excluding hydrogens is 292 g/mol. The van der Waals surface area contributed by atoms with E-state index in [2.05, 4.69) is 15.4 Å². The first kappa shape index (κ1) is 15.8. The third kappa shape index (κ3) is 3.30. The average molecular weight is 316 g/mol. The standard InChI is InChI=1S/C17H24N4O2/c1-11(9-15-12(2)20-23-13(15)3)17(22)21-8-4-5-14(10-21)16-6-7-18-19-16/h6-7,11,14H,4-5,8-10H2,1-3H3,(H,18,19)/t11-,14+/m1/s1. The highest BCUT2D eigenvalue weighted by atomic mass is 16.5. The monoisotopic (exact) mass is 316 g/mol. The highest BCUT2D eigenvalue weighted by Crippen LogP contribution is 2.27. The van der Waals surface area contributed by atoms with E-state index in [4.69, 9.17) is 4.52 Å². The molecule has 6 nitrogen and oxygen atoms in total. The van der Waals surface area contributed by atoms with Crippen LogP contribution in [0.15, 0.2) is 16.8 Å². The van der Waals surface area contributed by atoms with Gasteiger partial charge < -0.3 is 9.42 Å². The minimum Gasteiger partial charge on any atom is -0.361 e. The van der Waals surface area contributed by atoms with Gasteiger partial charge in [0.2, 0.25) is 5.91 Å². The van der Waals surface area contributed by atoms with Gasteiger partial charge in [0.1, 0.15) is 5.76 Å². The number of H-pyrrole nitrogens is 1. The average Bonchev–Trinajstić information content (AvgIpc) is 3.20. The fraction of sp³-hybridized carbons (Fsp3) is 0.588. The van der Waals surface area contributed by atoms with Crippen molar-refractivity contribution < 1.29 is 9.32 Å². The topological polar surface area (TPSA) is 75.0 Å². The van der Waals surface area contributed by atoms with Crippen LogP contribution in [0, 0.1) is 19.8 Å². The minimum absolute atomic E-state index is 0.0627. The first-order chi connectivity index (χ1) is 11.1. The molecule has 2 atom stereocenters. The predicted octanol–water partition coefficient (Wildman–Crippen LogP) is 2.60. The SMILES string of the molecule is Cc1noc(C)c1C[C@@H](C)C(=O)N1CCC[C@H](c2ccn[nH]2)C1. The number of nitrogens with zero attached hydrogens (tertiary/aromatic N) is 3. The fourth-order valence-electron chi connectivity index (χ4n) is 3.42. The molecule has 0 unspecified atom stereocenters. The molecule has 1 aliphatic rings. The van der Waals surface area contributed by atoms with Crippen molar-refractivity contribution in [1.82, 2.24) is 20.3 Å². The summed E-state index contributed by atoms with van der Waals surface area (Å²) in [4.78, 5) is 14.8. The summed E-state index contributed by atoms with van der Waals surface area (Å²) >= 11 is 0. The predicted molar refractivity (Wildman–Crippen MR) is 86.0 cm³/mol. The molecule has 1 aliphatic heterocycles. The number of rotatable bonds is 4. The van der Waals surface area contributed by atoms with Crippen molar-refractivity contribution in [3.63, 3.8) is 0 Å². The Kier molecular flexibility index (Phi) is 4.50. The molecule has 1 amide bonds. The molecule has 0 bridgehead atoms. The molecule has 23 heavy (non-hydrogen) atoms. The van der Waals surface area contributed by atoms with Gasteiger partial charge >= 0.3 is 0 Å². The number of aromatic amines is 1. The molecule has 0 saturated carbocycles. The van der Waals surface area contributed by atoms with E-state index in [1.54, 1.807) is 6.20 Å². The van der Waals surface area contributed by atoms with Crippen LogP contribution in [0.3, 0.4) is 0 Å². The highest BCUT2D eigenvalue weighted by molar-refractivity contribution is 5.79. The third-order valence-corrected chi connectivity index (χ3v) is 4.81. The summed E-state index contributed by atoms with van der Waals surface area (Å²) < 4.78 is 5.20. The quantitative estimate of drug-likeness (QED) is 0.941. The normalized spacial score (nSPS) is 19.8. The van der Waals surface area contributed by atoms with Crippen molar-refractivity contribution in [2.24, 2.45) is 5.92 Å². The molecule has 1 N–H and O–H groups in total. The molecule has 2 aromatic heterocycles. The van der Waals surface area contributed by atoms with E-state index in [9.17, 15) is 4.79 Å². The molecule has 124 valence electrons. The Labute approximate surface area is 136 Å². The summed E-state index contributed by atoms with van der Waals surface area (Å²) in [6.45, 7) is 7.44. The molecule has 6 heteroatoms. The van der Waals surface area contributed by atoms with Gasteiger partial charge in [-0.1, -0.05) is 12.1 Å². The fourth-order valence-corrected chi connectivity index (χ4v) is 3.42. The van der Waals surface area contributed by atoms with Crippen LogP contribution in [-0.2, 0) is 11.2 Å². The van der Waals surface area contributed by atoms with Crippen molar-refractivity contribution in [3.05, 3.63) is 35.0 Å². The smallest absolute Gasteiger partial charge is 0.225 e. The zero-order chi connectivity index (χ0) is 16.4.